The maximum atomic E-state index is 10.9. The van der Waals surface area contributed by atoms with Crippen LogP contribution in [0.15, 0.2) is 24.3 Å². The fourth-order valence-corrected chi connectivity index (χ4v) is 2.33. The van der Waals surface area contributed by atoms with Crippen LogP contribution in [0.25, 0.3) is 0 Å². The number of methoxy groups -OCH3 is 1. The largest absolute Gasteiger partial charge is 0.495 e. The summed E-state index contributed by atoms with van der Waals surface area (Å²) < 4.78 is 5.34. The fourth-order valence-electron chi connectivity index (χ4n) is 2.33. The van der Waals surface area contributed by atoms with Gasteiger partial charge in [0.1, 0.15) is 5.75 Å². The van der Waals surface area contributed by atoms with Gasteiger partial charge in [-0.05, 0) is 12.1 Å². The van der Waals surface area contributed by atoms with Gasteiger partial charge in [0.15, 0.2) is 0 Å². The highest BCUT2D eigenvalue weighted by Crippen LogP contribution is 2.30. The summed E-state index contributed by atoms with van der Waals surface area (Å²) in [6.45, 7) is 2.33. The van der Waals surface area contributed by atoms with Gasteiger partial charge in [-0.25, -0.2) is 0 Å². The van der Waals surface area contributed by atoms with E-state index in [1.54, 1.807) is 7.11 Å². The number of piperazine rings is 1. The van der Waals surface area contributed by atoms with Gasteiger partial charge in [-0.15, -0.1) is 0 Å². The Kier molecular flexibility index (Phi) is 4.04. The van der Waals surface area contributed by atoms with Crippen LogP contribution in [0.2, 0.25) is 0 Å². The number of anilines is 1. The molecule has 2 N–H and O–H groups in total. The SMILES string of the molecule is COc1ccccc1N1CCNCC1CC(=O)O. The number of aliphatic carboxylic acids is 1. The van der Waals surface area contributed by atoms with E-state index in [0.29, 0.717) is 6.54 Å². The third-order valence-corrected chi connectivity index (χ3v) is 3.16. The van der Waals surface area contributed by atoms with E-state index in [2.05, 4.69) is 10.2 Å². The van der Waals surface area contributed by atoms with Crippen molar-refractivity contribution < 1.29 is 14.6 Å². The molecule has 0 saturated carbocycles. The van der Waals surface area contributed by atoms with Gasteiger partial charge >= 0.3 is 5.97 Å². The number of nitrogens with one attached hydrogen (secondary N) is 1. The highest BCUT2D eigenvalue weighted by Gasteiger charge is 2.26. The Hall–Kier alpha value is -1.75. The number of nitrogens with zero attached hydrogens (tertiary/aromatic N) is 1. The van der Waals surface area contributed by atoms with E-state index in [4.69, 9.17) is 9.84 Å². The lowest BCUT2D eigenvalue weighted by Crippen LogP contribution is -2.52. The van der Waals surface area contributed by atoms with Crippen LogP contribution in [-0.4, -0.2) is 43.9 Å². The first-order chi connectivity index (χ1) is 8.72. The second kappa shape index (κ2) is 5.73. The average molecular weight is 250 g/mol. The molecule has 0 spiro atoms. The van der Waals surface area contributed by atoms with E-state index in [1.165, 1.54) is 0 Å². The summed E-state index contributed by atoms with van der Waals surface area (Å²) in [4.78, 5) is 13.0. The van der Waals surface area contributed by atoms with Crippen LogP contribution in [-0.2, 0) is 4.79 Å². The average Bonchev–Trinajstić information content (AvgIpc) is 2.39. The lowest BCUT2D eigenvalue weighted by atomic mass is 10.1. The molecule has 1 aromatic carbocycles. The number of ether oxygens (including phenoxy) is 1. The fraction of sp³-hybridized carbons (Fsp3) is 0.462. The minimum Gasteiger partial charge on any atom is -0.495 e. The van der Waals surface area contributed by atoms with Crippen LogP contribution < -0.4 is 15.0 Å². The van der Waals surface area contributed by atoms with Crippen molar-refractivity contribution in [3.05, 3.63) is 24.3 Å². The lowest BCUT2D eigenvalue weighted by molar-refractivity contribution is -0.137. The molecule has 18 heavy (non-hydrogen) atoms. The Bertz CT molecular complexity index is 422. The zero-order valence-electron chi connectivity index (χ0n) is 10.4. The summed E-state index contributed by atoms with van der Waals surface area (Å²) >= 11 is 0. The monoisotopic (exact) mass is 250 g/mol. The molecule has 1 fully saturated rings. The molecule has 1 aliphatic rings. The van der Waals surface area contributed by atoms with Crippen LogP contribution in [0.4, 0.5) is 5.69 Å². The first-order valence-electron chi connectivity index (χ1n) is 6.04. The van der Waals surface area contributed by atoms with Crippen molar-refractivity contribution >= 4 is 11.7 Å². The molecule has 5 heteroatoms. The number of para-hydroxylation sites is 2. The molecule has 0 bridgehead atoms. The highest BCUT2D eigenvalue weighted by atomic mass is 16.5. The molecule has 1 unspecified atom stereocenters. The maximum absolute atomic E-state index is 10.9. The van der Waals surface area contributed by atoms with Gasteiger partial charge in [-0.2, -0.15) is 0 Å². The predicted molar refractivity (Wildman–Crippen MR) is 69.3 cm³/mol. The zero-order valence-corrected chi connectivity index (χ0v) is 10.4. The Morgan fingerprint density at radius 3 is 3.06 bits per heavy atom. The molecule has 1 atom stereocenters. The smallest absolute Gasteiger partial charge is 0.305 e. The topological polar surface area (TPSA) is 61.8 Å². The predicted octanol–water partition coefficient (Wildman–Crippen LogP) is 0.948. The van der Waals surface area contributed by atoms with Crippen LogP contribution in [0.1, 0.15) is 6.42 Å². The van der Waals surface area contributed by atoms with Gasteiger partial charge in [0.2, 0.25) is 0 Å². The summed E-state index contributed by atoms with van der Waals surface area (Å²) in [7, 11) is 1.63. The maximum Gasteiger partial charge on any atom is 0.305 e. The second-order valence-corrected chi connectivity index (χ2v) is 4.32. The zero-order chi connectivity index (χ0) is 13.0. The standard InChI is InChI=1S/C13H18N2O3/c1-18-12-5-3-2-4-11(12)15-7-6-14-9-10(15)8-13(16)17/h2-5,10,14H,6-9H2,1H3,(H,16,17). The van der Waals surface area contributed by atoms with E-state index < -0.39 is 5.97 Å². The van der Waals surface area contributed by atoms with E-state index in [1.807, 2.05) is 24.3 Å². The number of hydrogen-bond donors (Lipinski definition) is 2. The minimum absolute atomic E-state index is 0.0347. The van der Waals surface area contributed by atoms with Gasteiger partial charge in [-0.1, -0.05) is 12.1 Å². The molecule has 0 aromatic heterocycles. The Labute approximate surface area is 106 Å². The second-order valence-electron chi connectivity index (χ2n) is 4.32. The normalized spacial score (nSPS) is 19.6. The van der Waals surface area contributed by atoms with E-state index in [0.717, 1.165) is 24.5 Å². The molecule has 1 heterocycles. The number of carboxylic acids is 1. The first kappa shape index (κ1) is 12.7. The molecule has 5 nitrogen and oxygen atoms in total. The Balaban J connectivity index is 2.24. The van der Waals surface area contributed by atoms with Gasteiger partial charge < -0.3 is 20.1 Å². The van der Waals surface area contributed by atoms with Gasteiger partial charge in [0, 0.05) is 19.6 Å². The minimum atomic E-state index is -0.774. The number of rotatable bonds is 4. The first-order valence-corrected chi connectivity index (χ1v) is 6.04. The summed E-state index contributed by atoms with van der Waals surface area (Å²) in [5, 5.41) is 12.2. The third kappa shape index (κ3) is 2.73. The highest BCUT2D eigenvalue weighted by molar-refractivity contribution is 5.69. The van der Waals surface area contributed by atoms with Crippen molar-refractivity contribution in [2.45, 2.75) is 12.5 Å². The van der Waals surface area contributed by atoms with E-state index >= 15 is 0 Å². The molecule has 2 rings (SSSR count). The molecule has 0 amide bonds. The van der Waals surface area contributed by atoms with Gasteiger partial charge in [0.05, 0.1) is 25.3 Å². The van der Waals surface area contributed by atoms with Crippen molar-refractivity contribution in [1.29, 1.82) is 0 Å². The van der Waals surface area contributed by atoms with Crippen molar-refractivity contribution in [3.8, 4) is 5.75 Å². The number of benzene rings is 1. The summed E-state index contributed by atoms with van der Waals surface area (Å²) in [5.74, 6) is 0.0124. The van der Waals surface area contributed by atoms with Crippen LogP contribution >= 0.6 is 0 Å². The Morgan fingerprint density at radius 2 is 2.33 bits per heavy atom. The number of hydrogen-bond acceptors (Lipinski definition) is 4. The molecule has 1 aromatic rings. The summed E-state index contributed by atoms with van der Waals surface area (Å²) in [5.41, 5.74) is 0.966. The number of carbonyl (C=O) groups is 1. The quantitative estimate of drug-likeness (QED) is 0.833. The number of carboxylic acid groups (broad SMARTS) is 1. The van der Waals surface area contributed by atoms with Crippen molar-refractivity contribution in [1.82, 2.24) is 5.32 Å². The van der Waals surface area contributed by atoms with E-state index in [-0.39, 0.29) is 12.5 Å². The molecule has 98 valence electrons. The molecule has 1 aliphatic heterocycles. The van der Waals surface area contributed by atoms with E-state index in [9.17, 15) is 4.79 Å². The van der Waals surface area contributed by atoms with Gasteiger partial charge in [-0.3, -0.25) is 4.79 Å². The summed E-state index contributed by atoms with van der Waals surface area (Å²) in [6.07, 6.45) is 0.130. The van der Waals surface area contributed by atoms with Crippen molar-refractivity contribution in [2.24, 2.45) is 0 Å². The third-order valence-electron chi connectivity index (χ3n) is 3.16. The van der Waals surface area contributed by atoms with Crippen LogP contribution in [0.5, 0.6) is 5.75 Å². The molecule has 0 aliphatic carbocycles. The Morgan fingerprint density at radius 1 is 1.56 bits per heavy atom. The van der Waals surface area contributed by atoms with Crippen molar-refractivity contribution in [2.75, 3.05) is 31.6 Å². The van der Waals surface area contributed by atoms with Crippen molar-refractivity contribution in [3.63, 3.8) is 0 Å². The summed E-state index contributed by atoms with van der Waals surface area (Å²) in [6, 6.07) is 7.69. The molecular weight excluding hydrogens is 232 g/mol. The molecular formula is C13H18N2O3. The van der Waals surface area contributed by atoms with Crippen LogP contribution in [0, 0.1) is 0 Å². The lowest BCUT2D eigenvalue weighted by Gasteiger charge is -2.37. The molecule has 1 saturated heterocycles. The van der Waals surface area contributed by atoms with Gasteiger partial charge in [0.25, 0.3) is 0 Å². The molecule has 0 radical (unpaired) electrons. The van der Waals surface area contributed by atoms with Crippen LogP contribution in [0.3, 0.4) is 0 Å².